The van der Waals surface area contributed by atoms with Crippen LogP contribution in [-0.4, -0.2) is 159 Å². The van der Waals surface area contributed by atoms with Gasteiger partial charge in [0.2, 0.25) is 47.3 Å². The second-order valence-electron chi connectivity index (χ2n) is 19.3. The number of rotatable bonds is 36. The predicted octanol–water partition coefficient (Wildman–Crippen LogP) is -1.99. The van der Waals surface area contributed by atoms with Crippen molar-refractivity contribution in [2.24, 2.45) is 29.0 Å². The Hall–Kier alpha value is -7.42. The minimum Gasteiger partial charge on any atom is -0.508 e. The largest absolute Gasteiger partial charge is 0.508 e. The van der Waals surface area contributed by atoms with E-state index < -0.39 is 138 Å². The van der Waals surface area contributed by atoms with Crippen molar-refractivity contribution in [2.75, 3.05) is 19.7 Å². The van der Waals surface area contributed by atoms with Gasteiger partial charge < -0.3 is 85.3 Å². The van der Waals surface area contributed by atoms with Crippen LogP contribution in [0, 0.1) is 11.8 Å². The van der Waals surface area contributed by atoms with Gasteiger partial charge in [0.15, 0.2) is 0 Å². The number of carboxylic acid groups (broad SMARTS) is 2. The third-order valence-corrected chi connectivity index (χ3v) is 13.1. The van der Waals surface area contributed by atoms with Crippen LogP contribution in [0.25, 0.3) is 0 Å². The van der Waals surface area contributed by atoms with Gasteiger partial charge in [-0.05, 0) is 99.3 Å². The van der Waals surface area contributed by atoms with E-state index in [9.17, 15) is 73.5 Å². The predicted molar refractivity (Wildman–Crippen MR) is 284 cm³/mol. The molecule has 0 aromatic heterocycles. The molecule has 0 heterocycles. The van der Waals surface area contributed by atoms with Crippen LogP contribution in [-0.2, 0) is 60.8 Å². The van der Waals surface area contributed by atoms with Crippen molar-refractivity contribution in [3.05, 3.63) is 59.7 Å². The van der Waals surface area contributed by atoms with Crippen molar-refractivity contribution in [2.45, 2.75) is 160 Å². The summed E-state index contributed by atoms with van der Waals surface area (Å²) in [6, 6.07) is -1.61. The lowest BCUT2D eigenvalue weighted by Crippen LogP contribution is -2.61. The fourth-order valence-corrected chi connectivity index (χ4v) is 7.79. The summed E-state index contributed by atoms with van der Waals surface area (Å²) in [6.07, 6.45) is 1.25. The standard InChI is InChI=1S/C52H81N11O15/c1-6-28(3)42(51(76)60-38(25-32-16-20-34(66)21-17-32)48(73)61-40(27-64)50(75)63-43(52(77)78)29(4)7-2)62-46(71)36(13-9-11-23-54)57-49(74)39(26-41(67)68)58-44(69)30(5)56-47(72)37(24-31-14-18-33(65)19-15-31)59-45(70)35(55)12-8-10-22-53/h14-21,28-30,35-40,42-43,64-66H,6-13,22-27,53-55H2,1-5H3,(H,56,72)(H,57,74)(H,58,69)(H,59,70)(H,60,76)(H,61,73)(H,62,71)(H,63,75)(H,67,68)(H,77,78)/t28-,29-,30-,35-,36-,37-,38-,39-,40-,42-,43-/m0/s1. The number of aromatic hydroxyl groups is 2. The number of unbranched alkanes of at least 4 members (excludes halogenated alkanes) is 2. The average molecular weight is 1100 g/mol. The quantitative estimate of drug-likeness (QED) is 0.0329. The lowest BCUT2D eigenvalue weighted by molar-refractivity contribution is -0.144. The third-order valence-electron chi connectivity index (χ3n) is 13.1. The number of aliphatic carboxylic acids is 2. The van der Waals surface area contributed by atoms with Crippen LogP contribution in [0.2, 0.25) is 0 Å². The lowest BCUT2D eigenvalue weighted by Gasteiger charge is -2.29. The zero-order valence-electron chi connectivity index (χ0n) is 44.9. The smallest absolute Gasteiger partial charge is 0.326 e. The third kappa shape index (κ3) is 23.0. The summed E-state index contributed by atoms with van der Waals surface area (Å²) in [5, 5.41) is 69.1. The summed E-state index contributed by atoms with van der Waals surface area (Å²) in [4.78, 5) is 134. The van der Waals surface area contributed by atoms with Crippen LogP contribution in [0.1, 0.15) is 104 Å². The molecule has 78 heavy (non-hydrogen) atoms. The number of carbonyl (C=O) groups is 10. The summed E-state index contributed by atoms with van der Waals surface area (Å²) >= 11 is 0. The van der Waals surface area contributed by atoms with Gasteiger partial charge in [-0.3, -0.25) is 43.2 Å². The summed E-state index contributed by atoms with van der Waals surface area (Å²) in [6.45, 7) is 7.49. The van der Waals surface area contributed by atoms with Crippen LogP contribution in [0.4, 0.5) is 0 Å². The molecule has 0 saturated heterocycles. The Morgan fingerprint density at radius 2 is 0.872 bits per heavy atom. The lowest BCUT2D eigenvalue weighted by atomic mass is 9.96. The molecule has 434 valence electrons. The van der Waals surface area contributed by atoms with E-state index in [1.165, 1.54) is 55.5 Å². The second kappa shape index (κ2) is 34.4. The summed E-state index contributed by atoms with van der Waals surface area (Å²) < 4.78 is 0. The van der Waals surface area contributed by atoms with Crippen LogP contribution < -0.4 is 59.7 Å². The van der Waals surface area contributed by atoms with E-state index in [4.69, 9.17) is 17.2 Å². The van der Waals surface area contributed by atoms with Gasteiger partial charge in [0.25, 0.3) is 0 Å². The molecule has 0 radical (unpaired) electrons. The van der Waals surface area contributed by atoms with E-state index in [-0.39, 0.29) is 56.6 Å². The molecular formula is C52H81N11O15. The van der Waals surface area contributed by atoms with E-state index in [0.29, 0.717) is 43.4 Å². The molecule has 2 aromatic carbocycles. The van der Waals surface area contributed by atoms with Gasteiger partial charge in [-0.1, -0.05) is 71.2 Å². The summed E-state index contributed by atoms with van der Waals surface area (Å²) in [5.41, 5.74) is 18.3. The van der Waals surface area contributed by atoms with Crippen molar-refractivity contribution in [3.63, 3.8) is 0 Å². The molecule has 0 aliphatic carbocycles. The molecule has 2 rings (SSSR count). The Balaban J connectivity index is 2.40. The van der Waals surface area contributed by atoms with Crippen LogP contribution >= 0.6 is 0 Å². The fourth-order valence-electron chi connectivity index (χ4n) is 7.79. The number of aliphatic hydroxyl groups excluding tert-OH is 1. The first-order valence-corrected chi connectivity index (χ1v) is 26.1. The van der Waals surface area contributed by atoms with Crippen LogP contribution in [0.15, 0.2) is 48.5 Å². The maximum absolute atomic E-state index is 14.3. The molecule has 0 aliphatic rings. The highest BCUT2D eigenvalue weighted by Gasteiger charge is 2.37. The van der Waals surface area contributed by atoms with E-state index in [1.54, 1.807) is 27.7 Å². The molecular weight excluding hydrogens is 1020 g/mol. The monoisotopic (exact) mass is 1100 g/mol. The highest BCUT2D eigenvalue weighted by molar-refractivity contribution is 5.99. The molecule has 0 aliphatic heterocycles. The number of benzene rings is 2. The SMILES string of the molecule is CC[C@H](C)[C@H](NC(=O)[C@H](CO)NC(=O)[C@H](Cc1ccc(O)cc1)NC(=O)[C@@H](NC(=O)[C@H](CCCCN)NC(=O)[C@H](CC(=O)O)NC(=O)[C@H](C)NC(=O)[C@H](Cc1ccc(O)cc1)NC(=O)[C@@H](N)CCCCN)[C@@H](C)CC)C(=O)O. The maximum atomic E-state index is 14.3. The van der Waals surface area contributed by atoms with Gasteiger partial charge in [-0.25, -0.2) is 4.79 Å². The van der Waals surface area contributed by atoms with Crippen molar-refractivity contribution >= 4 is 59.2 Å². The highest BCUT2D eigenvalue weighted by atomic mass is 16.4. The van der Waals surface area contributed by atoms with Gasteiger partial charge in [0.1, 0.15) is 59.8 Å². The Kier molecular flexibility index (Phi) is 29.4. The van der Waals surface area contributed by atoms with Gasteiger partial charge in [-0.15, -0.1) is 0 Å². The number of phenols is 2. The zero-order valence-corrected chi connectivity index (χ0v) is 44.9. The molecule has 8 amide bonds. The number of phenolic OH excluding ortho intramolecular Hbond substituents is 2. The van der Waals surface area contributed by atoms with E-state index in [2.05, 4.69) is 42.5 Å². The highest BCUT2D eigenvalue weighted by Crippen LogP contribution is 2.16. The van der Waals surface area contributed by atoms with Crippen molar-refractivity contribution in [3.8, 4) is 11.5 Å². The average Bonchev–Trinajstić information content (AvgIpc) is 3.40. The van der Waals surface area contributed by atoms with Crippen molar-refractivity contribution < 1.29 is 73.5 Å². The first-order chi connectivity index (χ1) is 36.9. The number of nitrogens with two attached hydrogens (primary N) is 3. The number of nitrogens with one attached hydrogen (secondary N) is 8. The fraction of sp³-hybridized carbons (Fsp3) is 0.577. The Labute approximate surface area is 453 Å². The number of hydrogen-bond acceptors (Lipinski definition) is 16. The van der Waals surface area contributed by atoms with Gasteiger partial charge >= 0.3 is 11.9 Å². The van der Waals surface area contributed by atoms with Gasteiger partial charge in [0.05, 0.1) is 19.1 Å². The zero-order chi connectivity index (χ0) is 58.6. The number of hydrogen-bond donors (Lipinski definition) is 16. The number of carbonyl (C=O) groups excluding carboxylic acids is 8. The first-order valence-electron chi connectivity index (χ1n) is 26.1. The van der Waals surface area contributed by atoms with Gasteiger partial charge in [-0.2, -0.15) is 0 Å². The minimum atomic E-state index is -1.83. The van der Waals surface area contributed by atoms with Crippen molar-refractivity contribution in [1.82, 2.24) is 42.5 Å². The van der Waals surface area contributed by atoms with E-state index in [1.807, 2.05) is 0 Å². The normalized spacial score (nSPS) is 15.3. The molecule has 0 fully saturated rings. The van der Waals surface area contributed by atoms with Crippen LogP contribution in [0.3, 0.4) is 0 Å². The molecule has 2 aromatic rings. The summed E-state index contributed by atoms with van der Waals surface area (Å²) in [5.74, 6) is -11.7. The van der Waals surface area contributed by atoms with Crippen LogP contribution in [0.5, 0.6) is 11.5 Å². The number of amides is 8. The Bertz CT molecular complexity index is 2310. The minimum absolute atomic E-state index is 0.0506. The summed E-state index contributed by atoms with van der Waals surface area (Å²) in [7, 11) is 0. The molecule has 0 saturated carbocycles. The maximum Gasteiger partial charge on any atom is 0.326 e. The van der Waals surface area contributed by atoms with E-state index >= 15 is 0 Å². The van der Waals surface area contributed by atoms with Gasteiger partial charge in [0, 0.05) is 12.8 Å². The molecule has 19 N–H and O–H groups in total. The topological polar surface area (TPSA) is 446 Å². The molecule has 0 spiro atoms. The molecule has 0 bridgehead atoms. The Morgan fingerprint density at radius 3 is 1.35 bits per heavy atom. The first kappa shape index (κ1) is 66.7. The van der Waals surface area contributed by atoms with E-state index in [0.717, 1.165) is 0 Å². The number of carboxylic acids is 2. The molecule has 26 nitrogen and oxygen atoms in total. The second-order valence-corrected chi connectivity index (χ2v) is 19.3. The number of aliphatic hydroxyl groups is 1. The molecule has 11 atom stereocenters. The molecule has 26 heteroatoms. The molecule has 0 unspecified atom stereocenters. The Morgan fingerprint density at radius 1 is 0.474 bits per heavy atom. The van der Waals surface area contributed by atoms with Crippen molar-refractivity contribution in [1.29, 1.82) is 0 Å².